The molecule has 0 amide bonds. The third-order valence-electron chi connectivity index (χ3n) is 3.32. The molecule has 0 aliphatic heterocycles. The van der Waals surface area contributed by atoms with Crippen molar-refractivity contribution in [3.8, 4) is 0 Å². The number of alkyl halides is 3. The molecule has 96 valence electrons. The van der Waals surface area contributed by atoms with Crippen molar-refractivity contribution in [1.29, 1.82) is 0 Å². The highest BCUT2D eigenvalue weighted by molar-refractivity contribution is 4.84. The molecule has 0 radical (unpaired) electrons. The van der Waals surface area contributed by atoms with E-state index < -0.39 is 12.6 Å². The highest BCUT2D eigenvalue weighted by Gasteiger charge is 2.28. The summed E-state index contributed by atoms with van der Waals surface area (Å²) in [5, 5.41) is 0. The van der Waals surface area contributed by atoms with Gasteiger partial charge in [-0.3, -0.25) is 0 Å². The molecule has 1 aliphatic rings. The van der Waals surface area contributed by atoms with Crippen LogP contribution in [0.3, 0.4) is 0 Å². The first-order valence-corrected chi connectivity index (χ1v) is 5.93. The van der Waals surface area contributed by atoms with Gasteiger partial charge in [0.05, 0.1) is 0 Å². The SMILES string of the molecule is CN(CCCC(F)(F)F)C1CCCCC1N. The lowest BCUT2D eigenvalue weighted by molar-refractivity contribution is -0.136. The molecule has 0 heterocycles. The summed E-state index contributed by atoms with van der Waals surface area (Å²) in [5.74, 6) is 0. The van der Waals surface area contributed by atoms with Gasteiger partial charge < -0.3 is 10.6 Å². The summed E-state index contributed by atoms with van der Waals surface area (Å²) in [7, 11) is 1.88. The van der Waals surface area contributed by atoms with Crippen LogP contribution in [0.4, 0.5) is 13.2 Å². The molecule has 0 spiro atoms. The molecule has 5 heteroatoms. The first kappa shape index (κ1) is 13.8. The van der Waals surface area contributed by atoms with Crippen molar-refractivity contribution in [3.05, 3.63) is 0 Å². The first-order valence-electron chi connectivity index (χ1n) is 5.93. The van der Waals surface area contributed by atoms with Crippen LogP contribution in [0.2, 0.25) is 0 Å². The Morgan fingerprint density at radius 3 is 2.44 bits per heavy atom. The van der Waals surface area contributed by atoms with E-state index in [1.807, 2.05) is 11.9 Å². The second-order valence-corrected chi connectivity index (χ2v) is 4.71. The van der Waals surface area contributed by atoms with Crippen molar-refractivity contribution in [1.82, 2.24) is 4.90 Å². The van der Waals surface area contributed by atoms with Crippen LogP contribution in [0.1, 0.15) is 38.5 Å². The number of hydrogen-bond acceptors (Lipinski definition) is 2. The van der Waals surface area contributed by atoms with E-state index in [0.29, 0.717) is 6.54 Å². The Labute approximate surface area is 95.0 Å². The standard InChI is InChI=1S/C11H21F3N2/c1-16(8-4-7-11(12,13)14)10-6-3-2-5-9(10)15/h9-10H,2-8,15H2,1H3. The van der Waals surface area contributed by atoms with Gasteiger partial charge in [0.15, 0.2) is 0 Å². The normalized spacial score (nSPS) is 27.4. The zero-order chi connectivity index (χ0) is 12.2. The number of likely N-dealkylation sites (N-methyl/N-ethyl adjacent to an activating group) is 1. The second kappa shape index (κ2) is 5.87. The van der Waals surface area contributed by atoms with E-state index in [2.05, 4.69) is 0 Å². The number of rotatable bonds is 4. The summed E-state index contributed by atoms with van der Waals surface area (Å²) in [5.41, 5.74) is 5.97. The van der Waals surface area contributed by atoms with Gasteiger partial charge in [0.2, 0.25) is 0 Å². The molecule has 0 aromatic carbocycles. The van der Waals surface area contributed by atoms with Crippen LogP contribution >= 0.6 is 0 Å². The highest BCUT2D eigenvalue weighted by atomic mass is 19.4. The molecule has 0 aromatic rings. The number of hydrogen-bond donors (Lipinski definition) is 1. The molecular weight excluding hydrogens is 217 g/mol. The Morgan fingerprint density at radius 1 is 1.25 bits per heavy atom. The lowest BCUT2D eigenvalue weighted by Gasteiger charge is -2.36. The largest absolute Gasteiger partial charge is 0.389 e. The van der Waals surface area contributed by atoms with E-state index in [1.165, 1.54) is 0 Å². The lowest BCUT2D eigenvalue weighted by atomic mass is 9.90. The molecule has 2 nitrogen and oxygen atoms in total. The van der Waals surface area contributed by atoms with Crippen molar-refractivity contribution in [2.75, 3.05) is 13.6 Å². The zero-order valence-corrected chi connectivity index (χ0v) is 9.76. The van der Waals surface area contributed by atoms with Crippen molar-refractivity contribution < 1.29 is 13.2 Å². The van der Waals surface area contributed by atoms with Crippen LogP contribution in [0, 0.1) is 0 Å². The predicted octanol–water partition coefficient (Wildman–Crippen LogP) is 2.53. The van der Waals surface area contributed by atoms with Gasteiger partial charge in [-0.25, -0.2) is 0 Å². The number of nitrogens with zero attached hydrogens (tertiary/aromatic N) is 1. The van der Waals surface area contributed by atoms with E-state index >= 15 is 0 Å². The van der Waals surface area contributed by atoms with Crippen LogP contribution in [-0.2, 0) is 0 Å². The maximum atomic E-state index is 12.0. The van der Waals surface area contributed by atoms with E-state index in [0.717, 1.165) is 25.7 Å². The summed E-state index contributed by atoms with van der Waals surface area (Å²) < 4.78 is 35.9. The van der Waals surface area contributed by atoms with Crippen LogP contribution in [0.25, 0.3) is 0 Å². The van der Waals surface area contributed by atoms with Gasteiger partial charge >= 0.3 is 6.18 Å². The smallest absolute Gasteiger partial charge is 0.326 e. The molecule has 1 rings (SSSR count). The monoisotopic (exact) mass is 238 g/mol. The third-order valence-corrected chi connectivity index (χ3v) is 3.32. The van der Waals surface area contributed by atoms with Crippen LogP contribution in [0.15, 0.2) is 0 Å². The summed E-state index contributed by atoms with van der Waals surface area (Å²) in [4.78, 5) is 2.00. The molecule has 2 N–H and O–H groups in total. The van der Waals surface area contributed by atoms with Crippen LogP contribution in [-0.4, -0.2) is 36.8 Å². The van der Waals surface area contributed by atoms with Crippen molar-refractivity contribution in [3.63, 3.8) is 0 Å². The van der Waals surface area contributed by atoms with E-state index in [4.69, 9.17) is 5.73 Å². The fourth-order valence-corrected chi connectivity index (χ4v) is 2.38. The minimum atomic E-state index is -4.03. The molecule has 0 aromatic heterocycles. The van der Waals surface area contributed by atoms with Gasteiger partial charge in [-0.05, 0) is 32.9 Å². The minimum absolute atomic E-state index is 0.129. The Morgan fingerprint density at radius 2 is 1.88 bits per heavy atom. The molecule has 1 fully saturated rings. The summed E-state index contributed by atoms with van der Waals surface area (Å²) in [6.07, 6.45) is -0.258. The Hall–Kier alpha value is -0.290. The Bertz CT molecular complexity index is 206. The molecule has 16 heavy (non-hydrogen) atoms. The fraction of sp³-hybridized carbons (Fsp3) is 1.00. The maximum absolute atomic E-state index is 12.0. The summed E-state index contributed by atoms with van der Waals surface area (Å²) >= 11 is 0. The molecular formula is C11H21F3N2. The number of nitrogens with two attached hydrogens (primary N) is 1. The Balaban J connectivity index is 2.25. The molecule has 1 saturated carbocycles. The van der Waals surface area contributed by atoms with Crippen LogP contribution < -0.4 is 5.73 Å². The van der Waals surface area contributed by atoms with Crippen molar-refractivity contribution >= 4 is 0 Å². The van der Waals surface area contributed by atoms with Gasteiger partial charge in [0, 0.05) is 18.5 Å². The summed E-state index contributed by atoms with van der Waals surface area (Å²) in [6.45, 7) is 0.484. The zero-order valence-electron chi connectivity index (χ0n) is 9.76. The molecule has 2 unspecified atom stereocenters. The molecule has 0 bridgehead atoms. The van der Waals surface area contributed by atoms with Crippen molar-refractivity contribution in [2.24, 2.45) is 5.73 Å². The van der Waals surface area contributed by atoms with Gasteiger partial charge in [-0.1, -0.05) is 12.8 Å². The quantitative estimate of drug-likeness (QED) is 0.815. The van der Waals surface area contributed by atoms with E-state index in [1.54, 1.807) is 0 Å². The second-order valence-electron chi connectivity index (χ2n) is 4.71. The highest BCUT2D eigenvalue weighted by Crippen LogP contribution is 2.24. The van der Waals surface area contributed by atoms with Gasteiger partial charge in [0.1, 0.15) is 0 Å². The Kier molecular flexibility index (Phi) is 5.05. The van der Waals surface area contributed by atoms with Gasteiger partial charge in [-0.2, -0.15) is 13.2 Å². The maximum Gasteiger partial charge on any atom is 0.389 e. The average Bonchev–Trinajstić information content (AvgIpc) is 2.16. The first-order chi connectivity index (χ1) is 7.40. The topological polar surface area (TPSA) is 29.3 Å². The van der Waals surface area contributed by atoms with Crippen LogP contribution in [0.5, 0.6) is 0 Å². The van der Waals surface area contributed by atoms with Gasteiger partial charge in [0.25, 0.3) is 0 Å². The summed E-state index contributed by atoms with van der Waals surface area (Å²) in [6, 6.07) is 0.395. The molecule has 2 atom stereocenters. The fourth-order valence-electron chi connectivity index (χ4n) is 2.38. The van der Waals surface area contributed by atoms with Gasteiger partial charge in [-0.15, -0.1) is 0 Å². The average molecular weight is 238 g/mol. The molecule has 0 saturated heterocycles. The number of halogens is 3. The molecule has 1 aliphatic carbocycles. The predicted molar refractivity (Wildman–Crippen MR) is 58.2 cm³/mol. The third kappa shape index (κ3) is 4.70. The minimum Gasteiger partial charge on any atom is -0.326 e. The van der Waals surface area contributed by atoms with Crippen molar-refractivity contribution in [2.45, 2.75) is 56.8 Å². The van der Waals surface area contributed by atoms with E-state index in [-0.39, 0.29) is 18.5 Å². The van der Waals surface area contributed by atoms with E-state index in [9.17, 15) is 13.2 Å². The lowest BCUT2D eigenvalue weighted by Crippen LogP contribution is -2.48.